The molecule has 4 aliphatic carbocycles. The lowest BCUT2D eigenvalue weighted by Crippen LogP contribution is -2.72. The first kappa shape index (κ1) is 31.6. The van der Waals surface area contributed by atoms with E-state index in [1.807, 2.05) is 0 Å². The number of aliphatic hydroxyl groups is 5. The number of fused-ring (bicyclic) bond motifs is 7. The van der Waals surface area contributed by atoms with Gasteiger partial charge in [0.15, 0.2) is 12.1 Å². The van der Waals surface area contributed by atoms with Crippen molar-refractivity contribution in [2.75, 3.05) is 13.2 Å². The smallest absolute Gasteiger partial charge is 0.199 e. The number of aliphatic hydroxyl groups excluding tert-OH is 4. The third-order valence-corrected chi connectivity index (χ3v) is 15.0. The SMILES string of the molecule is CC[C@H]1[C@@H]2OC34C[C@H]5C6=CC[C@@H]7C[C@H](O[C@@H]8O[C@H](CO)[C@@H](O)[C@H](O)[C@H]8O)CC[C@]7(C)C6CC[C@]5(C)[C@@]3(O)[C@H](C)[C@@H]2O[C@]1(C)CO4. The number of rotatable bonds is 4. The Morgan fingerprint density at radius 1 is 0.978 bits per heavy atom. The summed E-state index contributed by atoms with van der Waals surface area (Å²) in [6.45, 7) is 11.2. The molecular formula is C35H54O10. The molecule has 10 heteroatoms. The van der Waals surface area contributed by atoms with Crippen molar-refractivity contribution in [1.29, 1.82) is 0 Å². The Morgan fingerprint density at radius 3 is 2.49 bits per heavy atom. The Balaban J connectivity index is 1.05. The van der Waals surface area contributed by atoms with Crippen LogP contribution >= 0.6 is 0 Å². The van der Waals surface area contributed by atoms with Crippen LogP contribution in [0, 0.1) is 40.4 Å². The summed E-state index contributed by atoms with van der Waals surface area (Å²) >= 11 is 0. The zero-order valence-corrected chi connectivity index (χ0v) is 27.4. The van der Waals surface area contributed by atoms with Gasteiger partial charge in [0.25, 0.3) is 0 Å². The Labute approximate surface area is 266 Å². The van der Waals surface area contributed by atoms with Crippen LogP contribution in [0.4, 0.5) is 0 Å². The van der Waals surface area contributed by atoms with Crippen molar-refractivity contribution >= 4 is 0 Å². The van der Waals surface area contributed by atoms with Gasteiger partial charge >= 0.3 is 0 Å². The first-order valence-electron chi connectivity index (χ1n) is 17.6. The van der Waals surface area contributed by atoms with E-state index in [4.69, 9.17) is 23.7 Å². The molecule has 3 bridgehead atoms. The predicted octanol–water partition coefficient (Wildman–Crippen LogP) is 2.42. The molecule has 2 unspecified atom stereocenters. The highest BCUT2D eigenvalue weighted by molar-refractivity contribution is 5.35. The minimum Gasteiger partial charge on any atom is -0.394 e. The van der Waals surface area contributed by atoms with Crippen molar-refractivity contribution in [3.63, 3.8) is 0 Å². The van der Waals surface area contributed by atoms with Gasteiger partial charge in [-0.05, 0) is 75.0 Å². The molecule has 0 amide bonds. The summed E-state index contributed by atoms with van der Waals surface area (Å²) < 4.78 is 32.5. The molecule has 4 saturated heterocycles. The molecule has 0 aromatic carbocycles. The van der Waals surface area contributed by atoms with Gasteiger partial charge in [-0.2, -0.15) is 0 Å². The summed E-state index contributed by atoms with van der Waals surface area (Å²) in [7, 11) is 0. The minimum atomic E-state index is -1.44. The Bertz CT molecular complexity index is 1230. The van der Waals surface area contributed by atoms with Crippen molar-refractivity contribution in [1.82, 2.24) is 0 Å². The Hall–Kier alpha value is -0.660. The van der Waals surface area contributed by atoms with Crippen LogP contribution < -0.4 is 0 Å². The van der Waals surface area contributed by atoms with Gasteiger partial charge in [-0.25, -0.2) is 0 Å². The molecule has 7 fully saturated rings. The van der Waals surface area contributed by atoms with E-state index >= 15 is 0 Å². The van der Waals surface area contributed by atoms with E-state index < -0.39 is 59.7 Å². The van der Waals surface area contributed by atoms with E-state index in [0.717, 1.165) is 44.9 Å². The second-order valence-electron chi connectivity index (χ2n) is 16.7. The fraction of sp³-hybridized carbons (Fsp3) is 0.943. The maximum absolute atomic E-state index is 13.0. The molecule has 0 aromatic heterocycles. The maximum atomic E-state index is 13.0. The number of hydrogen-bond acceptors (Lipinski definition) is 10. The Kier molecular flexibility index (Phi) is 7.15. The highest BCUT2D eigenvalue weighted by Crippen LogP contribution is 2.74. The monoisotopic (exact) mass is 634 g/mol. The lowest BCUT2D eigenvalue weighted by atomic mass is 9.47. The van der Waals surface area contributed by atoms with Gasteiger partial charge in [-0.15, -0.1) is 0 Å². The fourth-order valence-electron chi connectivity index (χ4n) is 12.3. The largest absolute Gasteiger partial charge is 0.394 e. The van der Waals surface area contributed by atoms with Gasteiger partial charge in [0.05, 0.1) is 37.1 Å². The third kappa shape index (κ3) is 3.87. The van der Waals surface area contributed by atoms with Crippen LogP contribution in [0.5, 0.6) is 0 Å². The van der Waals surface area contributed by atoms with Gasteiger partial charge in [-0.3, -0.25) is 0 Å². The molecule has 8 aliphatic rings. The molecule has 4 heterocycles. The van der Waals surface area contributed by atoms with E-state index in [0.29, 0.717) is 24.9 Å². The van der Waals surface area contributed by atoms with E-state index in [1.54, 1.807) is 0 Å². The lowest BCUT2D eigenvalue weighted by molar-refractivity contribution is -0.403. The highest BCUT2D eigenvalue weighted by Gasteiger charge is 2.82. The van der Waals surface area contributed by atoms with Crippen LogP contribution in [0.3, 0.4) is 0 Å². The summed E-state index contributed by atoms with van der Waals surface area (Å²) in [5.41, 5.74) is -0.412. The van der Waals surface area contributed by atoms with Crippen LogP contribution in [0.25, 0.3) is 0 Å². The quantitative estimate of drug-likeness (QED) is 0.292. The van der Waals surface area contributed by atoms with E-state index in [9.17, 15) is 25.5 Å². The molecule has 0 radical (unpaired) electrons. The average Bonchev–Trinajstić information content (AvgIpc) is 3.36. The zero-order chi connectivity index (χ0) is 31.9. The number of allylic oxidation sites excluding steroid dienone is 2. The lowest BCUT2D eigenvalue weighted by Gasteiger charge is -2.61. The second kappa shape index (κ2) is 10.2. The molecule has 1 spiro atoms. The van der Waals surface area contributed by atoms with Gasteiger partial charge in [0.2, 0.25) is 0 Å². The number of ether oxygens (including phenoxy) is 5. The third-order valence-electron chi connectivity index (χ3n) is 15.0. The van der Waals surface area contributed by atoms with Crippen LogP contribution in [-0.4, -0.2) is 105 Å². The van der Waals surface area contributed by atoms with Gasteiger partial charge in [0, 0.05) is 23.7 Å². The summed E-state index contributed by atoms with van der Waals surface area (Å²) in [6.07, 6.45) is 2.78. The highest BCUT2D eigenvalue weighted by atomic mass is 16.8. The molecule has 254 valence electrons. The van der Waals surface area contributed by atoms with Crippen molar-refractivity contribution in [2.45, 2.75) is 152 Å². The summed E-state index contributed by atoms with van der Waals surface area (Å²) in [4.78, 5) is 0. The number of hydrogen-bond donors (Lipinski definition) is 5. The van der Waals surface area contributed by atoms with Gasteiger partial charge < -0.3 is 49.2 Å². The average molecular weight is 635 g/mol. The van der Waals surface area contributed by atoms with E-state index in [-0.39, 0.29) is 41.5 Å². The van der Waals surface area contributed by atoms with Gasteiger partial charge in [-0.1, -0.05) is 39.3 Å². The molecular weight excluding hydrogens is 580 g/mol. The molecule has 4 aliphatic heterocycles. The summed E-state index contributed by atoms with van der Waals surface area (Å²) in [5.74, 6) is 0.0277. The Morgan fingerprint density at radius 2 is 1.76 bits per heavy atom. The first-order chi connectivity index (χ1) is 21.3. The summed E-state index contributed by atoms with van der Waals surface area (Å²) in [6, 6.07) is 0. The van der Waals surface area contributed by atoms with Crippen molar-refractivity contribution in [3.8, 4) is 0 Å². The minimum absolute atomic E-state index is 0.0690. The van der Waals surface area contributed by atoms with Crippen LogP contribution in [0.15, 0.2) is 11.6 Å². The van der Waals surface area contributed by atoms with Crippen molar-refractivity contribution < 1.29 is 49.2 Å². The zero-order valence-electron chi connectivity index (χ0n) is 27.4. The van der Waals surface area contributed by atoms with E-state index in [1.165, 1.54) is 5.57 Å². The van der Waals surface area contributed by atoms with E-state index in [2.05, 4.69) is 40.7 Å². The topological polar surface area (TPSA) is 147 Å². The normalized spacial score (nSPS) is 61.6. The second-order valence-corrected chi connectivity index (χ2v) is 16.7. The van der Waals surface area contributed by atoms with Crippen LogP contribution in [-0.2, 0) is 23.7 Å². The first-order valence-corrected chi connectivity index (χ1v) is 17.6. The molecule has 45 heavy (non-hydrogen) atoms. The van der Waals surface area contributed by atoms with Gasteiger partial charge in [0.1, 0.15) is 30.0 Å². The molecule has 18 atom stereocenters. The molecule has 5 N–H and O–H groups in total. The predicted molar refractivity (Wildman–Crippen MR) is 160 cm³/mol. The molecule has 3 saturated carbocycles. The fourth-order valence-corrected chi connectivity index (χ4v) is 12.3. The van der Waals surface area contributed by atoms with Crippen molar-refractivity contribution in [2.24, 2.45) is 40.4 Å². The maximum Gasteiger partial charge on any atom is 0.199 e. The van der Waals surface area contributed by atoms with Crippen LogP contribution in [0.1, 0.15) is 86.0 Å². The summed E-state index contributed by atoms with van der Waals surface area (Å²) in [5, 5.41) is 53.6. The van der Waals surface area contributed by atoms with Crippen molar-refractivity contribution in [3.05, 3.63) is 11.6 Å². The molecule has 10 nitrogen and oxygen atoms in total. The molecule has 0 aromatic rings. The standard InChI is InChI=1S/C35H54O10/c1-6-21-29-28-17(2)35(40)32(4)12-10-22-20(23(32)14-34(35,45-29)41-16-33(21,5)44-28)8-7-18-13-19(9-11-31(18,22)3)42-30-27(39)26(38)25(37)24(15-36)43-30/h8,17-19,21-30,36-40H,6-7,9-16H2,1-5H3/t17-,18-,19-,21+,22?,23+,24-,25-,26+,27-,28+,29+,30-,31+,32+,33-,34?,35+/m1/s1. The van der Waals surface area contributed by atoms with Crippen LogP contribution in [0.2, 0.25) is 0 Å². The molecule has 8 rings (SSSR count).